The summed E-state index contributed by atoms with van der Waals surface area (Å²) in [5, 5.41) is 4.00. The Kier molecular flexibility index (Phi) is 5.28. The number of para-hydroxylation sites is 1. The van der Waals surface area contributed by atoms with Gasteiger partial charge in [0.15, 0.2) is 0 Å². The SMILES string of the molecule is COc1cccc(NC(=O)N2CCC(Oc3cccc4cccnc34)CC2)c1. The zero-order valence-electron chi connectivity index (χ0n) is 15.8. The quantitative estimate of drug-likeness (QED) is 0.735. The minimum atomic E-state index is -0.0986. The number of pyridine rings is 1. The van der Waals surface area contributed by atoms with Crippen molar-refractivity contribution in [1.82, 2.24) is 9.88 Å². The van der Waals surface area contributed by atoms with Crippen molar-refractivity contribution in [2.75, 3.05) is 25.5 Å². The number of carbonyl (C=O) groups is 1. The minimum Gasteiger partial charge on any atom is -0.497 e. The topological polar surface area (TPSA) is 63.7 Å². The molecule has 2 aromatic carbocycles. The lowest BCUT2D eigenvalue weighted by molar-refractivity contribution is 0.116. The van der Waals surface area contributed by atoms with Gasteiger partial charge in [-0.3, -0.25) is 4.98 Å². The van der Waals surface area contributed by atoms with Crippen LogP contribution < -0.4 is 14.8 Å². The van der Waals surface area contributed by atoms with Crippen LogP contribution >= 0.6 is 0 Å². The van der Waals surface area contributed by atoms with Gasteiger partial charge >= 0.3 is 6.03 Å². The zero-order chi connectivity index (χ0) is 19.3. The Labute approximate surface area is 164 Å². The number of aromatic nitrogens is 1. The Bertz CT molecular complexity index is 963. The molecular formula is C22H23N3O3. The Morgan fingerprint density at radius 2 is 1.89 bits per heavy atom. The number of hydrogen-bond donors (Lipinski definition) is 1. The van der Waals surface area contributed by atoms with Gasteiger partial charge in [-0.1, -0.05) is 24.3 Å². The molecule has 0 saturated carbocycles. The van der Waals surface area contributed by atoms with Crippen molar-refractivity contribution < 1.29 is 14.3 Å². The molecule has 0 spiro atoms. The number of fused-ring (bicyclic) bond motifs is 1. The third kappa shape index (κ3) is 4.01. The van der Waals surface area contributed by atoms with Crippen LogP contribution in [0.1, 0.15) is 12.8 Å². The maximum atomic E-state index is 12.5. The molecule has 2 amide bonds. The molecule has 3 aromatic rings. The summed E-state index contributed by atoms with van der Waals surface area (Å²) in [4.78, 5) is 18.8. The predicted octanol–water partition coefficient (Wildman–Crippen LogP) is 4.32. The number of piperidine rings is 1. The highest BCUT2D eigenvalue weighted by Crippen LogP contribution is 2.26. The van der Waals surface area contributed by atoms with E-state index >= 15 is 0 Å². The highest BCUT2D eigenvalue weighted by atomic mass is 16.5. The molecule has 0 aliphatic carbocycles. The van der Waals surface area contributed by atoms with Crippen LogP contribution in [0.5, 0.6) is 11.5 Å². The number of nitrogens with zero attached hydrogens (tertiary/aromatic N) is 2. The van der Waals surface area contributed by atoms with Gasteiger partial charge < -0.3 is 19.7 Å². The van der Waals surface area contributed by atoms with E-state index in [4.69, 9.17) is 9.47 Å². The van der Waals surface area contributed by atoms with E-state index in [2.05, 4.69) is 10.3 Å². The summed E-state index contributed by atoms with van der Waals surface area (Å²) in [6.45, 7) is 1.30. The van der Waals surface area contributed by atoms with Crippen LogP contribution in [0, 0.1) is 0 Å². The second-order valence-electron chi connectivity index (χ2n) is 6.80. The lowest BCUT2D eigenvalue weighted by atomic mass is 10.1. The third-order valence-electron chi connectivity index (χ3n) is 4.94. The second-order valence-corrected chi connectivity index (χ2v) is 6.80. The summed E-state index contributed by atoms with van der Waals surface area (Å²) in [6, 6.07) is 17.2. The van der Waals surface area contributed by atoms with Gasteiger partial charge in [0.25, 0.3) is 0 Å². The Morgan fingerprint density at radius 3 is 2.71 bits per heavy atom. The number of amides is 2. The first-order valence-electron chi connectivity index (χ1n) is 9.43. The van der Waals surface area contributed by atoms with E-state index in [1.807, 2.05) is 53.4 Å². The Balaban J connectivity index is 1.34. The first-order chi connectivity index (χ1) is 13.7. The summed E-state index contributed by atoms with van der Waals surface area (Å²) in [6.07, 6.45) is 3.43. The highest BCUT2D eigenvalue weighted by molar-refractivity contribution is 5.89. The molecule has 0 atom stereocenters. The van der Waals surface area contributed by atoms with Gasteiger partial charge in [-0.25, -0.2) is 4.79 Å². The van der Waals surface area contributed by atoms with Crippen LogP contribution in [-0.4, -0.2) is 42.2 Å². The lowest BCUT2D eigenvalue weighted by Gasteiger charge is -2.32. The summed E-state index contributed by atoms with van der Waals surface area (Å²) >= 11 is 0. The van der Waals surface area contributed by atoms with E-state index in [0.717, 1.165) is 35.2 Å². The number of urea groups is 1. The van der Waals surface area contributed by atoms with Crippen molar-refractivity contribution in [3.8, 4) is 11.5 Å². The summed E-state index contributed by atoms with van der Waals surface area (Å²) < 4.78 is 11.4. The minimum absolute atomic E-state index is 0.0773. The highest BCUT2D eigenvalue weighted by Gasteiger charge is 2.24. The van der Waals surface area contributed by atoms with Crippen molar-refractivity contribution in [2.45, 2.75) is 18.9 Å². The number of benzene rings is 2. The third-order valence-corrected chi connectivity index (χ3v) is 4.94. The molecule has 0 radical (unpaired) electrons. The summed E-state index contributed by atoms with van der Waals surface area (Å²) in [5.74, 6) is 1.52. The first-order valence-corrected chi connectivity index (χ1v) is 9.43. The number of anilines is 1. The van der Waals surface area contributed by atoms with Gasteiger partial charge in [-0.15, -0.1) is 0 Å². The van der Waals surface area contributed by atoms with Gasteiger partial charge in [-0.05, 0) is 24.3 Å². The summed E-state index contributed by atoms with van der Waals surface area (Å²) in [7, 11) is 1.61. The number of methoxy groups -OCH3 is 1. The molecule has 1 N–H and O–H groups in total. The normalized spacial score (nSPS) is 14.7. The number of ether oxygens (including phenoxy) is 2. The number of nitrogens with one attached hydrogen (secondary N) is 1. The second kappa shape index (κ2) is 8.17. The van der Waals surface area contributed by atoms with Crippen LogP contribution in [0.3, 0.4) is 0 Å². The van der Waals surface area contributed by atoms with Crippen LogP contribution in [0.15, 0.2) is 60.8 Å². The average Bonchev–Trinajstić information content (AvgIpc) is 2.74. The molecule has 6 nitrogen and oxygen atoms in total. The molecule has 1 fully saturated rings. The molecule has 4 rings (SSSR count). The molecule has 2 heterocycles. The van der Waals surface area contributed by atoms with Crippen molar-refractivity contribution in [3.63, 3.8) is 0 Å². The number of carbonyl (C=O) groups excluding carboxylic acids is 1. The van der Waals surface area contributed by atoms with Crippen LogP contribution in [0.25, 0.3) is 10.9 Å². The monoisotopic (exact) mass is 377 g/mol. The van der Waals surface area contributed by atoms with Crippen LogP contribution in [-0.2, 0) is 0 Å². The lowest BCUT2D eigenvalue weighted by Crippen LogP contribution is -2.43. The van der Waals surface area contributed by atoms with Gasteiger partial charge in [0.2, 0.25) is 0 Å². The molecule has 0 unspecified atom stereocenters. The Morgan fingerprint density at radius 1 is 1.11 bits per heavy atom. The van der Waals surface area contributed by atoms with Gasteiger partial charge in [-0.2, -0.15) is 0 Å². The fourth-order valence-corrected chi connectivity index (χ4v) is 3.43. The predicted molar refractivity (Wildman–Crippen MR) is 109 cm³/mol. The van der Waals surface area contributed by atoms with E-state index in [9.17, 15) is 4.79 Å². The smallest absolute Gasteiger partial charge is 0.321 e. The van der Waals surface area contributed by atoms with E-state index in [-0.39, 0.29) is 12.1 Å². The molecule has 6 heteroatoms. The fourth-order valence-electron chi connectivity index (χ4n) is 3.43. The Hall–Kier alpha value is -3.28. The standard InChI is InChI=1S/C22H23N3O3/c1-27-19-8-3-7-17(15-19)24-22(26)25-13-10-18(11-14-25)28-20-9-2-5-16-6-4-12-23-21(16)20/h2-9,12,15,18H,10-11,13-14H2,1H3,(H,24,26). The van der Waals surface area contributed by atoms with Crippen LogP contribution in [0.4, 0.5) is 10.5 Å². The number of hydrogen-bond acceptors (Lipinski definition) is 4. The molecule has 144 valence electrons. The van der Waals surface area contributed by atoms with Gasteiger partial charge in [0.05, 0.1) is 7.11 Å². The fraction of sp³-hybridized carbons (Fsp3) is 0.273. The van der Waals surface area contributed by atoms with Crippen molar-refractivity contribution in [3.05, 3.63) is 60.8 Å². The van der Waals surface area contributed by atoms with E-state index in [1.54, 1.807) is 19.4 Å². The van der Waals surface area contributed by atoms with Crippen molar-refractivity contribution in [2.24, 2.45) is 0 Å². The van der Waals surface area contributed by atoms with E-state index < -0.39 is 0 Å². The zero-order valence-corrected chi connectivity index (χ0v) is 15.8. The van der Waals surface area contributed by atoms with Gasteiger partial charge in [0, 0.05) is 49.3 Å². The molecule has 1 aliphatic rings. The maximum absolute atomic E-state index is 12.5. The first kappa shape index (κ1) is 18.1. The van der Waals surface area contributed by atoms with Crippen molar-refractivity contribution >= 4 is 22.6 Å². The largest absolute Gasteiger partial charge is 0.497 e. The number of rotatable bonds is 4. The molecule has 1 aromatic heterocycles. The number of likely N-dealkylation sites (tertiary alicyclic amines) is 1. The molecule has 28 heavy (non-hydrogen) atoms. The van der Waals surface area contributed by atoms with E-state index in [1.165, 1.54) is 0 Å². The molecule has 0 bridgehead atoms. The molecular weight excluding hydrogens is 354 g/mol. The maximum Gasteiger partial charge on any atom is 0.321 e. The van der Waals surface area contributed by atoms with Crippen LogP contribution in [0.2, 0.25) is 0 Å². The molecule has 1 aliphatic heterocycles. The van der Waals surface area contributed by atoms with Gasteiger partial charge in [0.1, 0.15) is 23.1 Å². The summed E-state index contributed by atoms with van der Waals surface area (Å²) in [5.41, 5.74) is 1.60. The molecule has 1 saturated heterocycles. The average molecular weight is 377 g/mol. The van der Waals surface area contributed by atoms with Crippen molar-refractivity contribution in [1.29, 1.82) is 0 Å². The van der Waals surface area contributed by atoms with E-state index in [0.29, 0.717) is 18.8 Å².